The minimum atomic E-state index is -0.309. The smallest absolute Gasteiger partial charge is 0.414 e. The van der Waals surface area contributed by atoms with Crippen molar-refractivity contribution in [3.05, 3.63) is 71.9 Å². The molecule has 2 aliphatic heterocycles. The Balaban J connectivity index is 0.00000119. The van der Waals surface area contributed by atoms with Crippen molar-refractivity contribution >= 4 is 11.8 Å². The number of aromatic nitrogens is 2. The quantitative estimate of drug-likeness (QED) is 0.508. The molecule has 2 aromatic carbocycles. The highest BCUT2D eigenvalue weighted by atomic mass is 16.6. The molecular weight excluding hydrogens is 402 g/mol. The molecule has 0 radical (unpaired) electrons. The van der Waals surface area contributed by atoms with E-state index in [4.69, 9.17) is 14.6 Å². The molecule has 1 saturated heterocycles. The van der Waals surface area contributed by atoms with Gasteiger partial charge in [-0.2, -0.15) is 5.10 Å². The van der Waals surface area contributed by atoms with Crippen LogP contribution in [0.3, 0.4) is 0 Å². The summed E-state index contributed by atoms with van der Waals surface area (Å²) < 4.78 is 13.3. The summed E-state index contributed by atoms with van der Waals surface area (Å²) in [6.45, 7) is 5.68. The molecule has 0 aliphatic carbocycles. The molecule has 32 heavy (non-hydrogen) atoms. The van der Waals surface area contributed by atoms with Gasteiger partial charge in [0.15, 0.2) is 0 Å². The van der Waals surface area contributed by atoms with Crippen molar-refractivity contribution in [3.8, 4) is 11.3 Å². The summed E-state index contributed by atoms with van der Waals surface area (Å²) in [6.07, 6.45) is 5.78. The number of hydrogen-bond acceptors (Lipinski definition) is 4. The van der Waals surface area contributed by atoms with Crippen LogP contribution in [0.4, 0.5) is 10.5 Å². The molecule has 2 aliphatic rings. The lowest BCUT2D eigenvalue weighted by atomic mass is 10.0. The lowest BCUT2D eigenvalue weighted by molar-refractivity contribution is -0.0393. The molecule has 0 spiro atoms. The highest BCUT2D eigenvalue weighted by Gasteiger charge is 2.28. The van der Waals surface area contributed by atoms with Crippen LogP contribution in [0.15, 0.2) is 60.8 Å². The monoisotopic (exact) mass is 433 g/mol. The first-order chi connectivity index (χ1) is 15.8. The zero-order valence-electron chi connectivity index (χ0n) is 18.9. The second-order valence-corrected chi connectivity index (χ2v) is 7.75. The number of amides is 1. The standard InChI is InChI=1S/C24H25N3O3.C2H6/c28-24(30-17-18-7-2-1-3-8-18)26-14-12-20-19(9-6-10-22(20)26)21-13-15-27(25-21)23-11-4-5-16-29-23;1-2/h1-3,6-10,13,15,23H,4-5,11-12,14,16-17H2;1-2H3. The van der Waals surface area contributed by atoms with E-state index in [1.807, 2.05) is 73.3 Å². The molecule has 1 unspecified atom stereocenters. The average molecular weight is 434 g/mol. The van der Waals surface area contributed by atoms with Crippen molar-refractivity contribution in [2.24, 2.45) is 0 Å². The van der Waals surface area contributed by atoms with Crippen molar-refractivity contribution in [2.45, 2.75) is 52.4 Å². The maximum Gasteiger partial charge on any atom is 0.414 e. The third kappa shape index (κ3) is 4.70. The lowest BCUT2D eigenvalue weighted by Gasteiger charge is -2.22. The Morgan fingerprint density at radius 3 is 2.72 bits per heavy atom. The predicted molar refractivity (Wildman–Crippen MR) is 126 cm³/mol. The molecule has 1 fully saturated rings. The molecule has 1 aromatic heterocycles. The number of nitrogens with zero attached hydrogens (tertiary/aromatic N) is 3. The SMILES string of the molecule is CC.O=C(OCc1ccccc1)N1CCc2c(-c3ccn(C4CCCCO4)n3)cccc21. The summed E-state index contributed by atoms with van der Waals surface area (Å²) in [4.78, 5) is 14.4. The first kappa shape index (κ1) is 22.1. The maximum atomic E-state index is 12.7. The van der Waals surface area contributed by atoms with Gasteiger partial charge in [0.1, 0.15) is 12.8 Å². The molecule has 3 aromatic rings. The van der Waals surface area contributed by atoms with Crippen LogP contribution in [-0.2, 0) is 22.5 Å². The number of benzene rings is 2. The highest BCUT2D eigenvalue weighted by molar-refractivity contribution is 5.92. The fraction of sp³-hybridized carbons (Fsp3) is 0.385. The van der Waals surface area contributed by atoms with Crippen LogP contribution in [0, 0.1) is 0 Å². The van der Waals surface area contributed by atoms with Crippen LogP contribution in [0.2, 0.25) is 0 Å². The summed E-state index contributed by atoms with van der Waals surface area (Å²) in [5.41, 5.74) is 5.02. The van der Waals surface area contributed by atoms with Crippen molar-refractivity contribution < 1.29 is 14.3 Å². The molecule has 5 rings (SSSR count). The first-order valence-corrected chi connectivity index (χ1v) is 11.6. The zero-order valence-corrected chi connectivity index (χ0v) is 18.9. The fourth-order valence-electron chi connectivity index (χ4n) is 4.24. The summed E-state index contributed by atoms with van der Waals surface area (Å²) >= 11 is 0. The van der Waals surface area contributed by atoms with Gasteiger partial charge in [-0.05, 0) is 48.9 Å². The van der Waals surface area contributed by atoms with E-state index in [2.05, 4.69) is 6.07 Å². The summed E-state index contributed by atoms with van der Waals surface area (Å²) in [6, 6.07) is 17.8. The Hall–Kier alpha value is -3.12. The molecular formula is C26H31N3O3. The van der Waals surface area contributed by atoms with Crippen LogP contribution < -0.4 is 4.90 Å². The van der Waals surface area contributed by atoms with E-state index >= 15 is 0 Å². The molecule has 168 valence electrons. The van der Waals surface area contributed by atoms with Crippen LogP contribution in [0.25, 0.3) is 11.3 Å². The summed E-state index contributed by atoms with van der Waals surface area (Å²) in [5.74, 6) is 0. The largest absolute Gasteiger partial charge is 0.444 e. The molecule has 1 atom stereocenters. The van der Waals surface area contributed by atoms with Crippen LogP contribution in [-0.4, -0.2) is 29.0 Å². The number of hydrogen-bond donors (Lipinski definition) is 0. The van der Waals surface area contributed by atoms with Crippen molar-refractivity contribution in [1.82, 2.24) is 9.78 Å². The van der Waals surface area contributed by atoms with Crippen LogP contribution >= 0.6 is 0 Å². The Labute approximate surface area is 189 Å². The molecule has 1 amide bonds. The van der Waals surface area contributed by atoms with Gasteiger partial charge in [-0.15, -0.1) is 0 Å². The highest BCUT2D eigenvalue weighted by Crippen LogP contribution is 2.36. The molecule has 0 bridgehead atoms. The molecule has 0 N–H and O–H groups in total. The summed E-state index contributed by atoms with van der Waals surface area (Å²) in [7, 11) is 0. The normalized spacial score (nSPS) is 17.3. The third-order valence-corrected chi connectivity index (χ3v) is 5.79. The van der Waals surface area contributed by atoms with Gasteiger partial charge in [0.25, 0.3) is 0 Å². The van der Waals surface area contributed by atoms with Crippen molar-refractivity contribution in [3.63, 3.8) is 0 Å². The van der Waals surface area contributed by atoms with Gasteiger partial charge in [-0.25, -0.2) is 9.48 Å². The van der Waals surface area contributed by atoms with Crippen molar-refractivity contribution in [2.75, 3.05) is 18.1 Å². The molecule has 6 nitrogen and oxygen atoms in total. The Morgan fingerprint density at radius 2 is 1.94 bits per heavy atom. The predicted octanol–water partition coefficient (Wildman–Crippen LogP) is 5.97. The Morgan fingerprint density at radius 1 is 1.09 bits per heavy atom. The van der Waals surface area contributed by atoms with Gasteiger partial charge >= 0.3 is 6.09 Å². The Kier molecular flexibility index (Phi) is 7.22. The topological polar surface area (TPSA) is 56.6 Å². The van der Waals surface area contributed by atoms with Gasteiger partial charge < -0.3 is 9.47 Å². The Bertz CT molecular complexity index is 1030. The summed E-state index contributed by atoms with van der Waals surface area (Å²) in [5, 5.41) is 4.78. The van der Waals surface area contributed by atoms with E-state index in [9.17, 15) is 4.79 Å². The minimum Gasteiger partial charge on any atom is -0.444 e. The first-order valence-electron chi connectivity index (χ1n) is 11.6. The van der Waals surface area contributed by atoms with E-state index in [0.717, 1.165) is 53.9 Å². The van der Waals surface area contributed by atoms with Gasteiger partial charge in [-0.3, -0.25) is 4.90 Å². The van der Waals surface area contributed by atoms with Crippen molar-refractivity contribution in [1.29, 1.82) is 0 Å². The van der Waals surface area contributed by atoms with Crippen LogP contribution in [0.5, 0.6) is 0 Å². The van der Waals surface area contributed by atoms with Gasteiger partial charge in [0, 0.05) is 24.9 Å². The maximum absolute atomic E-state index is 12.7. The van der Waals surface area contributed by atoms with E-state index < -0.39 is 0 Å². The van der Waals surface area contributed by atoms with E-state index in [0.29, 0.717) is 6.54 Å². The molecule has 6 heteroatoms. The third-order valence-electron chi connectivity index (χ3n) is 5.79. The number of ether oxygens (including phenoxy) is 2. The average Bonchev–Trinajstić information content (AvgIpc) is 3.53. The number of rotatable bonds is 4. The molecule has 0 saturated carbocycles. The van der Waals surface area contributed by atoms with Gasteiger partial charge in [-0.1, -0.05) is 56.3 Å². The number of carbonyl (C=O) groups is 1. The lowest BCUT2D eigenvalue weighted by Crippen LogP contribution is -2.29. The van der Waals surface area contributed by atoms with E-state index in [1.54, 1.807) is 4.90 Å². The second-order valence-electron chi connectivity index (χ2n) is 7.75. The second kappa shape index (κ2) is 10.5. The number of anilines is 1. The van der Waals surface area contributed by atoms with Crippen LogP contribution in [0.1, 0.15) is 50.5 Å². The molecule has 3 heterocycles. The van der Waals surface area contributed by atoms with Gasteiger partial charge in [0.2, 0.25) is 0 Å². The minimum absolute atomic E-state index is 0.0220. The van der Waals surface area contributed by atoms with E-state index in [-0.39, 0.29) is 18.9 Å². The van der Waals surface area contributed by atoms with Gasteiger partial charge in [0.05, 0.1) is 11.4 Å². The number of fused-ring (bicyclic) bond motifs is 1. The fourth-order valence-corrected chi connectivity index (χ4v) is 4.24. The zero-order chi connectivity index (χ0) is 22.3. The number of carbonyl (C=O) groups excluding carboxylic acids is 1. The van der Waals surface area contributed by atoms with E-state index in [1.165, 1.54) is 6.42 Å².